The third-order valence-electron chi connectivity index (χ3n) is 4.77. The van der Waals surface area contributed by atoms with Crippen LogP contribution in [-0.2, 0) is 24.2 Å². The zero-order chi connectivity index (χ0) is 18.8. The predicted molar refractivity (Wildman–Crippen MR) is 109 cm³/mol. The van der Waals surface area contributed by atoms with Crippen molar-refractivity contribution in [3.8, 4) is 0 Å². The molecule has 0 aromatic carbocycles. The summed E-state index contributed by atoms with van der Waals surface area (Å²) in [6.07, 6.45) is 4.77. The number of thioether (sulfide) groups is 1. The molecule has 0 bridgehead atoms. The lowest BCUT2D eigenvalue weighted by Crippen LogP contribution is -2.32. The van der Waals surface area contributed by atoms with E-state index >= 15 is 0 Å². The molecule has 1 aliphatic carbocycles. The van der Waals surface area contributed by atoms with Gasteiger partial charge in [-0.25, -0.2) is 4.98 Å². The molecule has 2 atom stereocenters. The number of carbonyl (C=O) groups is 1. The Morgan fingerprint density at radius 2 is 2.35 bits per heavy atom. The Hall–Kier alpha value is -1.60. The first kappa shape index (κ1) is 19.2. The molecule has 0 unspecified atom stereocenters. The van der Waals surface area contributed by atoms with E-state index in [2.05, 4.69) is 18.8 Å². The normalized spacial score (nSPS) is 17.7. The minimum Gasteiger partial charge on any atom is -0.352 e. The first-order chi connectivity index (χ1) is 12.5. The molecular formula is C19H25N3O2S2. The zero-order valence-corrected chi connectivity index (χ0v) is 17.1. The highest BCUT2D eigenvalue weighted by Gasteiger charge is 2.25. The molecule has 2 heterocycles. The Kier molecular flexibility index (Phi) is 5.87. The lowest BCUT2D eigenvalue weighted by Gasteiger charge is -2.18. The van der Waals surface area contributed by atoms with Crippen molar-refractivity contribution in [2.75, 3.05) is 6.54 Å². The van der Waals surface area contributed by atoms with Gasteiger partial charge in [0.1, 0.15) is 4.83 Å². The summed E-state index contributed by atoms with van der Waals surface area (Å²) in [5.74, 6) is 0.581. The SMILES string of the molecule is C=CCNC(=O)[C@@H](C)Sc1nc2sc3c(c2c(=O)n1CC)CC[C@@H](C)C3. The van der Waals surface area contributed by atoms with E-state index in [4.69, 9.17) is 4.98 Å². The van der Waals surface area contributed by atoms with Crippen LogP contribution in [-0.4, -0.2) is 27.3 Å². The van der Waals surface area contributed by atoms with Gasteiger partial charge < -0.3 is 5.32 Å². The molecule has 0 spiro atoms. The van der Waals surface area contributed by atoms with Gasteiger partial charge in [-0.3, -0.25) is 14.2 Å². The summed E-state index contributed by atoms with van der Waals surface area (Å²) in [6, 6.07) is 0. The highest BCUT2D eigenvalue weighted by atomic mass is 32.2. The van der Waals surface area contributed by atoms with E-state index < -0.39 is 0 Å². The Bertz CT molecular complexity index is 900. The summed E-state index contributed by atoms with van der Waals surface area (Å²) < 4.78 is 1.70. The fraction of sp³-hybridized carbons (Fsp3) is 0.526. The Labute approximate surface area is 161 Å². The molecular weight excluding hydrogens is 366 g/mol. The van der Waals surface area contributed by atoms with E-state index in [0.29, 0.717) is 24.2 Å². The van der Waals surface area contributed by atoms with Crippen LogP contribution in [0.3, 0.4) is 0 Å². The summed E-state index contributed by atoms with van der Waals surface area (Å²) in [5, 5.41) is 3.89. The smallest absolute Gasteiger partial charge is 0.263 e. The molecule has 0 saturated carbocycles. The van der Waals surface area contributed by atoms with Gasteiger partial charge in [-0.05, 0) is 44.6 Å². The van der Waals surface area contributed by atoms with Gasteiger partial charge in [0.25, 0.3) is 5.56 Å². The number of nitrogens with zero attached hydrogens (tertiary/aromatic N) is 2. The topological polar surface area (TPSA) is 64.0 Å². The van der Waals surface area contributed by atoms with Crippen molar-refractivity contribution in [3.63, 3.8) is 0 Å². The van der Waals surface area contributed by atoms with Gasteiger partial charge in [-0.1, -0.05) is 24.8 Å². The zero-order valence-electron chi connectivity index (χ0n) is 15.5. The van der Waals surface area contributed by atoms with Crippen LogP contribution in [0.5, 0.6) is 0 Å². The maximum absolute atomic E-state index is 13.1. The Balaban J connectivity index is 2.00. The second kappa shape index (κ2) is 7.96. The lowest BCUT2D eigenvalue weighted by molar-refractivity contribution is -0.120. The third-order valence-corrected chi connectivity index (χ3v) is 7.01. The number of hydrogen-bond acceptors (Lipinski definition) is 5. The van der Waals surface area contributed by atoms with Crippen molar-refractivity contribution in [1.29, 1.82) is 0 Å². The van der Waals surface area contributed by atoms with Crippen molar-refractivity contribution in [3.05, 3.63) is 33.4 Å². The number of aryl methyl sites for hydroxylation is 1. The minimum absolute atomic E-state index is 0.0331. The largest absolute Gasteiger partial charge is 0.352 e. The summed E-state index contributed by atoms with van der Waals surface area (Å²) in [6.45, 7) is 10.6. The number of fused-ring (bicyclic) bond motifs is 3. The molecule has 1 amide bonds. The fourth-order valence-electron chi connectivity index (χ4n) is 3.30. The van der Waals surface area contributed by atoms with Gasteiger partial charge in [0.2, 0.25) is 5.91 Å². The van der Waals surface area contributed by atoms with Gasteiger partial charge in [0.15, 0.2) is 5.16 Å². The van der Waals surface area contributed by atoms with Gasteiger partial charge in [0, 0.05) is 18.0 Å². The van der Waals surface area contributed by atoms with Crippen LogP contribution < -0.4 is 10.9 Å². The average molecular weight is 392 g/mol. The summed E-state index contributed by atoms with van der Waals surface area (Å²) in [4.78, 5) is 32.2. The molecule has 0 radical (unpaired) electrons. The molecule has 26 heavy (non-hydrogen) atoms. The molecule has 0 saturated heterocycles. The fourth-order valence-corrected chi connectivity index (χ4v) is 5.72. The van der Waals surface area contributed by atoms with Crippen LogP contribution in [0.25, 0.3) is 10.2 Å². The molecule has 140 valence electrons. The van der Waals surface area contributed by atoms with Gasteiger partial charge >= 0.3 is 0 Å². The highest BCUT2D eigenvalue weighted by Crippen LogP contribution is 2.36. The van der Waals surface area contributed by atoms with Crippen LogP contribution >= 0.6 is 23.1 Å². The summed E-state index contributed by atoms with van der Waals surface area (Å²) in [5.41, 5.74) is 1.24. The Morgan fingerprint density at radius 1 is 1.58 bits per heavy atom. The van der Waals surface area contributed by atoms with Crippen LogP contribution in [0.1, 0.15) is 37.6 Å². The van der Waals surface area contributed by atoms with E-state index in [1.54, 1.807) is 22.0 Å². The van der Waals surface area contributed by atoms with Crippen LogP contribution in [0.15, 0.2) is 22.6 Å². The van der Waals surface area contributed by atoms with Crippen molar-refractivity contribution >= 4 is 39.2 Å². The van der Waals surface area contributed by atoms with Crippen LogP contribution in [0, 0.1) is 5.92 Å². The molecule has 5 nitrogen and oxygen atoms in total. The van der Waals surface area contributed by atoms with E-state index in [1.165, 1.54) is 22.2 Å². The standard InChI is InChI=1S/C19H25N3O2S2/c1-5-9-20-16(23)12(4)25-19-21-17-15(18(24)22(19)6-2)13-8-7-11(3)10-14(13)26-17/h5,11-12H,1,6-10H2,2-4H3,(H,20,23)/t11-,12-/m1/s1. The van der Waals surface area contributed by atoms with Crippen molar-refractivity contribution in [2.45, 2.75) is 57.0 Å². The van der Waals surface area contributed by atoms with Crippen LogP contribution in [0.2, 0.25) is 0 Å². The van der Waals surface area contributed by atoms with E-state index in [-0.39, 0.29) is 16.7 Å². The van der Waals surface area contributed by atoms with E-state index in [0.717, 1.165) is 29.5 Å². The number of rotatable bonds is 6. The number of aromatic nitrogens is 2. The van der Waals surface area contributed by atoms with Crippen molar-refractivity contribution in [2.24, 2.45) is 5.92 Å². The van der Waals surface area contributed by atoms with Gasteiger partial charge in [-0.2, -0.15) is 0 Å². The number of thiophene rings is 1. The molecule has 1 aliphatic rings. The molecule has 2 aromatic rings. The molecule has 0 fully saturated rings. The Morgan fingerprint density at radius 3 is 3.04 bits per heavy atom. The summed E-state index contributed by atoms with van der Waals surface area (Å²) in [7, 11) is 0. The first-order valence-electron chi connectivity index (χ1n) is 9.06. The second-order valence-electron chi connectivity index (χ2n) is 6.77. The predicted octanol–water partition coefficient (Wildman–Crippen LogP) is 3.39. The van der Waals surface area contributed by atoms with Gasteiger partial charge in [0.05, 0.1) is 10.6 Å². The number of carbonyl (C=O) groups excluding carboxylic acids is 1. The van der Waals surface area contributed by atoms with Crippen LogP contribution in [0.4, 0.5) is 0 Å². The monoisotopic (exact) mass is 391 g/mol. The molecule has 1 N–H and O–H groups in total. The molecule has 0 aliphatic heterocycles. The minimum atomic E-state index is -0.327. The quantitative estimate of drug-likeness (QED) is 0.466. The number of amides is 1. The average Bonchev–Trinajstić information content (AvgIpc) is 2.97. The van der Waals surface area contributed by atoms with Crippen molar-refractivity contribution < 1.29 is 4.79 Å². The molecule has 7 heteroatoms. The highest BCUT2D eigenvalue weighted by molar-refractivity contribution is 8.00. The molecule has 3 rings (SSSR count). The van der Waals surface area contributed by atoms with Gasteiger partial charge in [-0.15, -0.1) is 17.9 Å². The van der Waals surface area contributed by atoms with E-state index in [1.807, 2.05) is 13.8 Å². The summed E-state index contributed by atoms with van der Waals surface area (Å²) >= 11 is 2.99. The number of nitrogens with one attached hydrogen (secondary N) is 1. The second-order valence-corrected chi connectivity index (χ2v) is 9.16. The first-order valence-corrected chi connectivity index (χ1v) is 10.8. The number of hydrogen-bond donors (Lipinski definition) is 1. The third kappa shape index (κ3) is 3.60. The molecule has 2 aromatic heterocycles. The lowest BCUT2D eigenvalue weighted by atomic mass is 9.89. The maximum Gasteiger partial charge on any atom is 0.263 e. The van der Waals surface area contributed by atoms with E-state index in [9.17, 15) is 9.59 Å². The van der Waals surface area contributed by atoms with Crippen molar-refractivity contribution in [1.82, 2.24) is 14.9 Å². The maximum atomic E-state index is 13.1.